The summed E-state index contributed by atoms with van der Waals surface area (Å²) < 4.78 is 20.0. The number of allylic oxidation sites excluding steroid dienone is 1. The summed E-state index contributed by atoms with van der Waals surface area (Å²) in [5.74, 6) is 0.550. The Kier molecular flexibility index (Phi) is 8.42. The number of halogens is 1. The Labute approximate surface area is 263 Å². The number of furan rings is 1. The summed E-state index contributed by atoms with van der Waals surface area (Å²) in [5, 5.41) is 1.34. The molecule has 0 fully saturated rings. The average molecular weight is 680 g/mol. The lowest BCUT2D eigenvalue weighted by Gasteiger charge is -2.27. The Morgan fingerprint density at radius 1 is 1.21 bits per heavy atom. The normalized spacial score (nSPS) is 15.1. The van der Waals surface area contributed by atoms with Gasteiger partial charge in [0.1, 0.15) is 17.6 Å². The van der Waals surface area contributed by atoms with Gasteiger partial charge < -0.3 is 18.9 Å². The number of fused-ring (bicyclic) bond motifs is 2. The third-order valence-electron chi connectivity index (χ3n) is 6.82. The number of hydrogen-bond acceptors (Lipinski definition) is 9. The molecule has 0 spiro atoms. The maximum absolute atomic E-state index is 14.1. The Hall–Kier alpha value is -3.87. The van der Waals surface area contributed by atoms with Crippen molar-refractivity contribution >= 4 is 62.1 Å². The predicted octanol–water partition coefficient (Wildman–Crippen LogP) is 5.97. The number of imidazole rings is 1. The Balaban J connectivity index is 1.45. The molecule has 0 aliphatic carbocycles. The molecule has 220 valence electrons. The largest absolute Gasteiger partial charge is 0.496 e. The van der Waals surface area contributed by atoms with Gasteiger partial charge in [-0.2, -0.15) is 0 Å². The van der Waals surface area contributed by atoms with Crippen LogP contribution in [0.1, 0.15) is 44.1 Å². The molecular formula is C31H27BrN4O5S2. The average Bonchev–Trinajstić information content (AvgIpc) is 3.70. The van der Waals surface area contributed by atoms with E-state index in [0.29, 0.717) is 54.3 Å². The van der Waals surface area contributed by atoms with E-state index < -0.39 is 12.0 Å². The molecule has 1 aliphatic heterocycles. The molecular weight excluding hydrogens is 652 g/mol. The van der Waals surface area contributed by atoms with E-state index in [-0.39, 0.29) is 12.2 Å². The highest BCUT2D eigenvalue weighted by molar-refractivity contribution is 9.10. The molecule has 1 atom stereocenters. The van der Waals surface area contributed by atoms with Crippen LogP contribution in [0.15, 0.2) is 94.8 Å². The summed E-state index contributed by atoms with van der Waals surface area (Å²) in [7, 11) is 1.56. The molecule has 6 rings (SSSR count). The van der Waals surface area contributed by atoms with Crippen LogP contribution in [0.5, 0.6) is 5.75 Å². The molecule has 3 aromatic heterocycles. The van der Waals surface area contributed by atoms with Crippen LogP contribution in [0.4, 0.5) is 0 Å². The molecule has 0 radical (unpaired) electrons. The van der Waals surface area contributed by atoms with E-state index in [1.807, 2.05) is 61.5 Å². The van der Waals surface area contributed by atoms with Gasteiger partial charge in [0, 0.05) is 16.1 Å². The first-order chi connectivity index (χ1) is 20.9. The minimum absolute atomic E-state index is 0.196. The summed E-state index contributed by atoms with van der Waals surface area (Å²) in [4.78, 5) is 40.7. The first-order valence-corrected chi connectivity index (χ1v) is 16.1. The van der Waals surface area contributed by atoms with Crippen molar-refractivity contribution in [2.45, 2.75) is 43.0 Å². The van der Waals surface area contributed by atoms with Gasteiger partial charge in [-0.05, 0) is 67.6 Å². The van der Waals surface area contributed by atoms with Gasteiger partial charge in [0.25, 0.3) is 5.56 Å². The van der Waals surface area contributed by atoms with Crippen molar-refractivity contribution in [2.24, 2.45) is 4.99 Å². The van der Waals surface area contributed by atoms with Crippen LogP contribution >= 0.6 is 39.0 Å². The number of hydrogen-bond donors (Lipinski definition) is 1. The van der Waals surface area contributed by atoms with E-state index >= 15 is 0 Å². The standard InChI is InChI=1S/C31H27BrN4O5S2/c1-4-8-22-26(29(38)40-5-2)27(19-15-17(32)11-13-23(19)39-3)36-28(37)24(42-31(36)35-22)16-18-12-14-25(41-18)43-30-33-20-9-6-7-10-21(20)34-30/h6-7,9-16,27H,4-5,8H2,1-3H3,(H,33,34)/b24-16+/t27-/m0/s1. The molecule has 43 heavy (non-hydrogen) atoms. The van der Waals surface area contributed by atoms with Crippen LogP contribution in [-0.4, -0.2) is 34.2 Å². The van der Waals surface area contributed by atoms with Crippen molar-refractivity contribution in [3.8, 4) is 5.75 Å². The monoisotopic (exact) mass is 678 g/mol. The number of nitrogens with one attached hydrogen (secondary N) is 1. The van der Waals surface area contributed by atoms with E-state index in [1.165, 1.54) is 23.1 Å². The number of esters is 1. The van der Waals surface area contributed by atoms with Gasteiger partial charge in [0.2, 0.25) is 0 Å². The number of methoxy groups -OCH3 is 1. The number of aromatic amines is 1. The zero-order valence-electron chi connectivity index (χ0n) is 23.5. The van der Waals surface area contributed by atoms with Crippen LogP contribution < -0.4 is 19.6 Å². The second-order valence-electron chi connectivity index (χ2n) is 9.62. The van der Waals surface area contributed by atoms with Crippen molar-refractivity contribution in [3.63, 3.8) is 0 Å². The zero-order valence-corrected chi connectivity index (χ0v) is 26.8. The fourth-order valence-electron chi connectivity index (χ4n) is 5.00. The molecule has 0 amide bonds. The lowest BCUT2D eigenvalue weighted by atomic mass is 9.93. The number of para-hydroxylation sites is 2. The van der Waals surface area contributed by atoms with Gasteiger partial charge in [-0.3, -0.25) is 9.36 Å². The molecule has 0 saturated carbocycles. The first-order valence-electron chi connectivity index (χ1n) is 13.7. The molecule has 5 aromatic rings. The third kappa shape index (κ3) is 5.74. The zero-order chi connectivity index (χ0) is 30.1. The minimum atomic E-state index is -0.790. The maximum Gasteiger partial charge on any atom is 0.338 e. The number of aromatic nitrogens is 3. The summed E-state index contributed by atoms with van der Waals surface area (Å²) >= 11 is 6.16. The second kappa shape index (κ2) is 12.4. The SMILES string of the molecule is CCCC1=C(C(=O)OCC)[C@H](c2cc(Br)ccc2OC)n2c(s/c(=C/c3ccc(Sc4nc5ccccc5[nH]4)o3)c2=O)=N1. The topological polar surface area (TPSA) is 112 Å². The van der Waals surface area contributed by atoms with Crippen LogP contribution in [0.3, 0.4) is 0 Å². The van der Waals surface area contributed by atoms with E-state index in [2.05, 4.69) is 25.9 Å². The molecule has 9 nitrogen and oxygen atoms in total. The maximum atomic E-state index is 14.1. The highest BCUT2D eigenvalue weighted by atomic mass is 79.9. The Morgan fingerprint density at radius 2 is 2.05 bits per heavy atom. The van der Waals surface area contributed by atoms with Crippen molar-refractivity contribution in [3.05, 3.63) is 101 Å². The third-order valence-corrected chi connectivity index (χ3v) is 9.10. The molecule has 12 heteroatoms. The smallest absolute Gasteiger partial charge is 0.338 e. The van der Waals surface area contributed by atoms with Crippen molar-refractivity contribution < 1.29 is 18.7 Å². The van der Waals surface area contributed by atoms with Crippen molar-refractivity contribution in [2.75, 3.05) is 13.7 Å². The summed E-state index contributed by atoms with van der Waals surface area (Å²) in [6.07, 6.45) is 3.01. The van der Waals surface area contributed by atoms with Gasteiger partial charge in [-0.15, -0.1) is 0 Å². The Morgan fingerprint density at radius 3 is 2.81 bits per heavy atom. The first kappa shape index (κ1) is 29.2. The fourth-order valence-corrected chi connectivity index (χ4v) is 7.15. The second-order valence-corrected chi connectivity index (χ2v) is 12.5. The van der Waals surface area contributed by atoms with Crippen molar-refractivity contribution in [1.82, 2.24) is 14.5 Å². The molecule has 4 heterocycles. The molecule has 2 aromatic carbocycles. The quantitative estimate of drug-likeness (QED) is 0.191. The number of H-pyrrole nitrogens is 1. The predicted molar refractivity (Wildman–Crippen MR) is 169 cm³/mol. The van der Waals surface area contributed by atoms with Gasteiger partial charge in [0.05, 0.1) is 40.6 Å². The lowest BCUT2D eigenvalue weighted by molar-refractivity contribution is -0.139. The number of carbonyl (C=O) groups excluding carboxylic acids is 1. The number of carbonyl (C=O) groups is 1. The summed E-state index contributed by atoms with van der Waals surface area (Å²) in [6.45, 7) is 3.97. The minimum Gasteiger partial charge on any atom is -0.496 e. The highest BCUT2D eigenvalue weighted by Gasteiger charge is 2.36. The molecule has 1 aliphatic rings. The molecule has 1 N–H and O–H groups in total. The van der Waals surface area contributed by atoms with Gasteiger partial charge >= 0.3 is 5.97 Å². The number of ether oxygens (including phenoxy) is 2. The fraction of sp³-hybridized carbons (Fsp3) is 0.226. The Bertz CT molecular complexity index is 2020. The highest BCUT2D eigenvalue weighted by Crippen LogP contribution is 2.38. The number of nitrogens with zero attached hydrogens (tertiary/aromatic N) is 3. The molecule has 0 saturated heterocycles. The number of rotatable bonds is 9. The van der Waals surface area contributed by atoms with Gasteiger partial charge in [-0.25, -0.2) is 14.8 Å². The van der Waals surface area contributed by atoms with E-state index in [9.17, 15) is 9.59 Å². The van der Waals surface area contributed by atoms with E-state index in [4.69, 9.17) is 18.9 Å². The van der Waals surface area contributed by atoms with Gasteiger partial charge in [0.15, 0.2) is 15.1 Å². The number of thiazole rings is 1. The summed E-state index contributed by atoms with van der Waals surface area (Å²) in [6, 6.07) is 16.2. The van der Waals surface area contributed by atoms with Crippen LogP contribution in [-0.2, 0) is 9.53 Å². The van der Waals surface area contributed by atoms with Crippen molar-refractivity contribution in [1.29, 1.82) is 0 Å². The number of benzene rings is 2. The lowest BCUT2D eigenvalue weighted by Crippen LogP contribution is -2.40. The van der Waals surface area contributed by atoms with E-state index in [0.717, 1.165) is 21.9 Å². The van der Waals surface area contributed by atoms with Crippen LogP contribution in [0.25, 0.3) is 17.1 Å². The van der Waals surface area contributed by atoms with Crippen LogP contribution in [0.2, 0.25) is 0 Å². The van der Waals surface area contributed by atoms with Gasteiger partial charge in [-0.1, -0.05) is 52.7 Å². The summed E-state index contributed by atoms with van der Waals surface area (Å²) in [5.41, 5.74) is 3.11. The van der Waals surface area contributed by atoms with E-state index in [1.54, 1.807) is 24.7 Å². The van der Waals surface area contributed by atoms with Crippen LogP contribution in [0, 0.1) is 0 Å². The molecule has 0 unspecified atom stereocenters. The molecule has 0 bridgehead atoms.